The van der Waals surface area contributed by atoms with Gasteiger partial charge in [0, 0.05) is 31.3 Å². The van der Waals surface area contributed by atoms with Crippen molar-refractivity contribution in [1.29, 1.82) is 0 Å². The number of nitrogens with zero attached hydrogens (tertiary/aromatic N) is 1. The Hall–Kier alpha value is -3.06. The molecule has 0 aromatic heterocycles. The molecule has 2 aromatic carbocycles. The molecular weight excluding hydrogens is 368 g/mol. The van der Waals surface area contributed by atoms with Crippen molar-refractivity contribution in [2.75, 3.05) is 26.3 Å². The highest BCUT2D eigenvalue weighted by Gasteiger charge is 2.11. The minimum Gasteiger partial charge on any atom is -0.379 e. The van der Waals surface area contributed by atoms with Gasteiger partial charge in [-0.25, -0.2) is 5.48 Å². The Morgan fingerprint density at radius 2 is 1.69 bits per heavy atom. The Bertz CT molecular complexity index is 915. The van der Waals surface area contributed by atoms with Crippen LogP contribution in [-0.4, -0.2) is 48.1 Å². The predicted molar refractivity (Wildman–Crippen MR) is 111 cm³/mol. The van der Waals surface area contributed by atoms with E-state index in [1.54, 1.807) is 23.7 Å². The van der Waals surface area contributed by atoms with Gasteiger partial charge in [0.05, 0.1) is 13.2 Å². The predicted octanol–water partition coefficient (Wildman–Crippen LogP) is 2.93. The van der Waals surface area contributed by atoms with E-state index in [0.717, 1.165) is 49.5 Å². The van der Waals surface area contributed by atoms with Gasteiger partial charge in [0.25, 0.3) is 5.91 Å². The first-order chi connectivity index (χ1) is 14.1. The number of carbonyl (C=O) groups excluding carboxylic acids is 2. The summed E-state index contributed by atoms with van der Waals surface area (Å²) in [4.78, 5) is 26.0. The van der Waals surface area contributed by atoms with E-state index in [2.05, 4.69) is 4.90 Å². The lowest BCUT2D eigenvalue weighted by atomic mass is 10.0. The van der Waals surface area contributed by atoms with Crippen molar-refractivity contribution in [3.8, 4) is 0 Å². The molecule has 0 aliphatic carbocycles. The summed E-state index contributed by atoms with van der Waals surface area (Å²) in [5, 5.41) is 8.52. The van der Waals surface area contributed by atoms with Gasteiger partial charge in [-0.2, -0.15) is 0 Å². The highest BCUT2D eigenvalue weighted by Crippen LogP contribution is 2.13. The highest BCUT2D eigenvalue weighted by molar-refractivity contribution is 6.06. The second-order valence-corrected chi connectivity index (χ2v) is 6.77. The quantitative estimate of drug-likeness (QED) is 0.328. The van der Waals surface area contributed by atoms with Crippen LogP contribution in [0.4, 0.5) is 0 Å². The summed E-state index contributed by atoms with van der Waals surface area (Å²) in [5.41, 5.74) is 4.94. The molecule has 2 N–H and O–H groups in total. The number of amides is 1. The van der Waals surface area contributed by atoms with Gasteiger partial charge in [0.15, 0.2) is 5.78 Å². The maximum atomic E-state index is 12.6. The fraction of sp³-hybridized carbons (Fsp3) is 0.217. The number of allylic oxidation sites excluding steroid dienone is 1. The third-order valence-electron chi connectivity index (χ3n) is 4.60. The number of morpholine rings is 1. The van der Waals surface area contributed by atoms with Crippen LogP contribution in [0.25, 0.3) is 12.2 Å². The lowest BCUT2D eigenvalue weighted by Gasteiger charge is -2.26. The molecule has 0 saturated carbocycles. The fourth-order valence-electron chi connectivity index (χ4n) is 3.08. The number of carbonyl (C=O) groups is 2. The fourth-order valence-corrected chi connectivity index (χ4v) is 3.08. The largest absolute Gasteiger partial charge is 0.379 e. The summed E-state index contributed by atoms with van der Waals surface area (Å²) in [6, 6.07) is 15.1. The number of ether oxygens (including phenoxy) is 1. The standard InChI is InChI=1S/C23H24N2O4/c26-22(9-7-18-3-1-4-19(15-18)8-10-23(27)24-28)21-6-2-5-20(16-21)17-25-11-13-29-14-12-25/h1-10,15-16,28H,11-14,17H2,(H,24,27). The van der Waals surface area contributed by atoms with E-state index in [4.69, 9.17) is 9.94 Å². The molecule has 1 fully saturated rings. The molecule has 1 amide bonds. The molecule has 1 saturated heterocycles. The van der Waals surface area contributed by atoms with Crippen LogP contribution < -0.4 is 5.48 Å². The summed E-state index contributed by atoms with van der Waals surface area (Å²) in [5.74, 6) is -0.660. The van der Waals surface area contributed by atoms with Crippen LogP contribution in [0.15, 0.2) is 60.7 Å². The highest BCUT2D eigenvalue weighted by atomic mass is 16.5. The third-order valence-corrected chi connectivity index (χ3v) is 4.60. The first kappa shape index (κ1) is 20.7. The SMILES string of the molecule is O=C(C=Cc1cccc(C=CC(=O)c2cccc(CN3CCOCC3)c2)c1)NO. The number of hydrogen-bond acceptors (Lipinski definition) is 5. The smallest absolute Gasteiger partial charge is 0.267 e. The van der Waals surface area contributed by atoms with Gasteiger partial charge < -0.3 is 4.74 Å². The topological polar surface area (TPSA) is 78.9 Å². The van der Waals surface area contributed by atoms with Gasteiger partial charge in [0.2, 0.25) is 0 Å². The van der Waals surface area contributed by atoms with Crippen molar-refractivity contribution in [2.45, 2.75) is 6.54 Å². The first-order valence-electron chi connectivity index (χ1n) is 9.48. The normalized spacial score (nSPS) is 15.1. The summed E-state index contributed by atoms with van der Waals surface area (Å²) < 4.78 is 5.37. The van der Waals surface area contributed by atoms with Gasteiger partial charge in [-0.15, -0.1) is 0 Å². The van der Waals surface area contributed by atoms with Crippen LogP contribution in [0.2, 0.25) is 0 Å². The molecule has 0 spiro atoms. The van der Waals surface area contributed by atoms with E-state index < -0.39 is 5.91 Å². The molecule has 2 aromatic rings. The van der Waals surface area contributed by atoms with Crippen molar-refractivity contribution in [3.05, 3.63) is 82.9 Å². The minimum absolute atomic E-state index is 0.0607. The van der Waals surface area contributed by atoms with Gasteiger partial charge >= 0.3 is 0 Å². The number of ketones is 1. The Morgan fingerprint density at radius 3 is 2.41 bits per heavy atom. The van der Waals surface area contributed by atoms with E-state index in [0.29, 0.717) is 5.56 Å². The first-order valence-corrected chi connectivity index (χ1v) is 9.48. The molecule has 1 aliphatic heterocycles. The van der Waals surface area contributed by atoms with Crippen LogP contribution in [0.5, 0.6) is 0 Å². The van der Waals surface area contributed by atoms with E-state index in [1.165, 1.54) is 6.08 Å². The van der Waals surface area contributed by atoms with Gasteiger partial charge in [-0.05, 0) is 41.0 Å². The lowest BCUT2D eigenvalue weighted by molar-refractivity contribution is -0.124. The number of nitrogens with one attached hydrogen (secondary N) is 1. The molecule has 150 valence electrons. The molecule has 0 bridgehead atoms. The summed E-state index contributed by atoms with van der Waals surface area (Å²) in [6.45, 7) is 4.12. The maximum Gasteiger partial charge on any atom is 0.267 e. The van der Waals surface area contributed by atoms with E-state index >= 15 is 0 Å². The van der Waals surface area contributed by atoms with E-state index in [1.807, 2.05) is 48.5 Å². The zero-order chi connectivity index (χ0) is 20.5. The molecule has 29 heavy (non-hydrogen) atoms. The van der Waals surface area contributed by atoms with Crippen molar-refractivity contribution in [3.63, 3.8) is 0 Å². The Kier molecular flexibility index (Phi) is 7.47. The van der Waals surface area contributed by atoms with Crippen molar-refractivity contribution in [1.82, 2.24) is 10.4 Å². The molecular formula is C23H24N2O4. The monoisotopic (exact) mass is 392 g/mol. The number of hydroxylamine groups is 1. The molecule has 3 rings (SSSR count). The molecule has 1 aliphatic rings. The van der Waals surface area contributed by atoms with Gasteiger partial charge in [-0.3, -0.25) is 19.7 Å². The van der Waals surface area contributed by atoms with Gasteiger partial charge in [0.1, 0.15) is 0 Å². The summed E-state index contributed by atoms with van der Waals surface area (Å²) >= 11 is 0. The Balaban J connectivity index is 1.65. The van der Waals surface area contributed by atoms with Gasteiger partial charge in [-0.1, -0.05) is 42.5 Å². The maximum absolute atomic E-state index is 12.6. The van der Waals surface area contributed by atoms with E-state index in [9.17, 15) is 9.59 Å². The summed E-state index contributed by atoms with van der Waals surface area (Å²) in [6.07, 6.45) is 6.12. The van der Waals surface area contributed by atoms with Crippen LogP contribution in [-0.2, 0) is 16.1 Å². The molecule has 6 nitrogen and oxygen atoms in total. The van der Waals surface area contributed by atoms with Crippen LogP contribution in [0, 0.1) is 0 Å². The molecule has 0 radical (unpaired) electrons. The Labute approximate surface area is 170 Å². The van der Waals surface area contributed by atoms with Crippen molar-refractivity contribution < 1.29 is 19.5 Å². The average molecular weight is 392 g/mol. The number of hydrogen-bond donors (Lipinski definition) is 2. The molecule has 1 heterocycles. The summed E-state index contributed by atoms with van der Waals surface area (Å²) in [7, 11) is 0. The zero-order valence-corrected chi connectivity index (χ0v) is 16.1. The minimum atomic E-state index is -0.599. The van der Waals surface area contributed by atoms with Crippen molar-refractivity contribution >= 4 is 23.8 Å². The zero-order valence-electron chi connectivity index (χ0n) is 16.1. The van der Waals surface area contributed by atoms with Crippen LogP contribution in [0.1, 0.15) is 27.0 Å². The number of rotatable bonds is 7. The second-order valence-electron chi connectivity index (χ2n) is 6.77. The number of benzene rings is 2. The molecule has 0 atom stereocenters. The van der Waals surface area contributed by atoms with Crippen molar-refractivity contribution in [2.24, 2.45) is 0 Å². The average Bonchev–Trinajstić information content (AvgIpc) is 2.77. The Morgan fingerprint density at radius 1 is 1.00 bits per heavy atom. The van der Waals surface area contributed by atoms with Crippen LogP contribution >= 0.6 is 0 Å². The molecule has 6 heteroatoms. The lowest BCUT2D eigenvalue weighted by Crippen LogP contribution is -2.35. The van der Waals surface area contributed by atoms with E-state index in [-0.39, 0.29) is 5.78 Å². The third kappa shape index (κ3) is 6.50. The molecule has 0 unspecified atom stereocenters. The second kappa shape index (κ2) is 10.5. The van der Waals surface area contributed by atoms with Crippen LogP contribution in [0.3, 0.4) is 0 Å².